The number of carbonyl (C=O) groups is 1. The fourth-order valence-electron chi connectivity index (χ4n) is 10.7. The van der Waals surface area contributed by atoms with Crippen LogP contribution < -0.4 is 5.32 Å². The Balaban J connectivity index is 1.30. The van der Waals surface area contributed by atoms with Gasteiger partial charge in [0.05, 0.1) is 17.7 Å². The number of rotatable bonds is 2. The molecule has 9 atom stereocenters. The monoisotopic (exact) mass is 496 g/mol. The van der Waals surface area contributed by atoms with Crippen molar-refractivity contribution in [2.75, 3.05) is 11.9 Å². The van der Waals surface area contributed by atoms with E-state index in [4.69, 9.17) is 9.72 Å². The number of hydrogen-bond donors (Lipinski definition) is 3. The molecule has 1 aromatic rings. The molecule has 6 aliphatic carbocycles. The van der Waals surface area contributed by atoms with Gasteiger partial charge in [-0.25, -0.2) is 4.98 Å². The number of ether oxygens (including phenoxy) is 1. The first-order valence-corrected chi connectivity index (χ1v) is 14.5. The Labute approximate surface area is 210 Å². The van der Waals surface area contributed by atoms with E-state index in [-0.39, 0.29) is 40.8 Å². The van der Waals surface area contributed by atoms with Crippen molar-refractivity contribution in [2.45, 2.75) is 88.6 Å². The summed E-state index contributed by atoms with van der Waals surface area (Å²) in [6.07, 6.45) is 7.80. The van der Waals surface area contributed by atoms with Crippen molar-refractivity contribution in [3.8, 4) is 0 Å². The van der Waals surface area contributed by atoms with Gasteiger partial charge in [-0.2, -0.15) is 0 Å². The molecule has 6 nitrogen and oxygen atoms in total. The predicted octanol–water partition coefficient (Wildman–Crippen LogP) is 3.81. The van der Waals surface area contributed by atoms with Gasteiger partial charge in [-0.1, -0.05) is 45.3 Å². The molecular formula is C28H36N2O4S. The van der Waals surface area contributed by atoms with E-state index in [0.717, 1.165) is 35.7 Å². The Morgan fingerprint density at radius 1 is 1.17 bits per heavy atom. The molecule has 0 aromatic carbocycles. The second kappa shape index (κ2) is 6.40. The van der Waals surface area contributed by atoms with Crippen molar-refractivity contribution in [2.24, 2.45) is 40.4 Å². The highest BCUT2D eigenvalue weighted by atomic mass is 32.1. The van der Waals surface area contributed by atoms with E-state index in [0.29, 0.717) is 12.6 Å². The fourth-order valence-corrected chi connectivity index (χ4v) is 12.0. The molecule has 7 fully saturated rings. The van der Waals surface area contributed by atoms with Crippen LogP contribution in [0.2, 0.25) is 0 Å². The van der Waals surface area contributed by atoms with Gasteiger partial charge in [0.2, 0.25) is 5.79 Å². The number of carbonyl (C=O) groups excluding carboxylic acids is 1. The van der Waals surface area contributed by atoms with Crippen LogP contribution in [0.3, 0.4) is 0 Å². The number of thiazole rings is 1. The number of Topliss-reactive ketones (excluding diaryl/α,β-unsaturated/α-hetero) is 1. The highest BCUT2D eigenvalue weighted by molar-refractivity contribution is 7.15. The molecule has 3 heterocycles. The zero-order valence-corrected chi connectivity index (χ0v) is 21.5. The largest absolute Gasteiger partial charge is 0.387 e. The van der Waals surface area contributed by atoms with Crippen LogP contribution in [0, 0.1) is 40.4 Å². The third kappa shape index (κ3) is 2.12. The van der Waals surface area contributed by atoms with Crippen LogP contribution in [0.4, 0.5) is 5.13 Å². The van der Waals surface area contributed by atoms with Gasteiger partial charge in [-0.05, 0) is 55.3 Å². The molecule has 2 aliphatic heterocycles. The average molecular weight is 497 g/mol. The molecule has 3 N–H and O–H groups in total. The molecule has 7 heteroatoms. The van der Waals surface area contributed by atoms with Gasteiger partial charge in [-0.3, -0.25) is 4.79 Å². The molecule has 0 amide bonds. The lowest BCUT2D eigenvalue weighted by atomic mass is 9.23. The van der Waals surface area contributed by atoms with E-state index < -0.39 is 22.7 Å². The van der Waals surface area contributed by atoms with E-state index >= 15 is 0 Å². The highest BCUT2D eigenvalue weighted by Crippen LogP contribution is 2.83. The molecule has 2 spiro atoms. The van der Waals surface area contributed by atoms with Crippen LogP contribution in [0.15, 0.2) is 12.2 Å². The Kier molecular flexibility index (Phi) is 3.98. The van der Waals surface area contributed by atoms with Gasteiger partial charge in [0, 0.05) is 28.2 Å². The standard InChI is InChI=1S/C28H36N2O4S/c1-13-15-9-10-17-26-12-34-28(33,27(17)19(15)18(13)22(27)31)23(32)20(26)25(2,3)11-16-21(26)30-24(35-16)29-14-7-5-4-6-8-14/h14-15,17-20,23,32-33H,1,4-12H2,2-3H3,(H,29,30)/t15-,17-,18?,19-,20+,23-,26-,27+,28+/m0/s1. The van der Waals surface area contributed by atoms with Crippen molar-refractivity contribution in [3.63, 3.8) is 0 Å². The summed E-state index contributed by atoms with van der Waals surface area (Å²) in [4.78, 5) is 20.4. The lowest BCUT2D eigenvalue weighted by Gasteiger charge is -2.82. The number of aliphatic hydroxyl groups is 2. The van der Waals surface area contributed by atoms with E-state index in [1.165, 1.54) is 37.0 Å². The van der Waals surface area contributed by atoms with E-state index in [1.54, 1.807) is 11.3 Å². The SMILES string of the molecule is C=C1C2C(=O)[C@]34[C@H]2[C@H]1CC[C@H]3[C@@]12CO[C@]4(O)[C@@H](O)[C@@H]1C(C)(C)Cc1sc(NC3CCCCC3)nc12. The van der Waals surface area contributed by atoms with Crippen molar-refractivity contribution < 1.29 is 19.7 Å². The second-order valence-electron chi connectivity index (χ2n) is 13.4. The number of anilines is 1. The zero-order chi connectivity index (χ0) is 24.1. The Morgan fingerprint density at radius 3 is 2.71 bits per heavy atom. The van der Waals surface area contributed by atoms with E-state index in [9.17, 15) is 15.0 Å². The number of hydrogen-bond acceptors (Lipinski definition) is 7. The van der Waals surface area contributed by atoms with Crippen LogP contribution in [0.1, 0.15) is 69.4 Å². The predicted molar refractivity (Wildman–Crippen MR) is 132 cm³/mol. The van der Waals surface area contributed by atoms with Gasteiger partial charge in [0.1, 0.15) is 6.10 Å². The molecule has 2 bridgehead atoms. The molecule has 9 rings (SSSR count). The summed E-state index contributed by atoms with van der Waals surface area (Å²) in [7, 11) is 0. The number of fused-ring (bicyclic) bond motifs is 2. The van der Waals surface area contributed by atoms with Crippen molar-refractivity contribution in [1.82, 2.24) is 4.98 Å². The third-order valence-corrected chi connectivity index (χ3v) is 12.7. The quantitative estimate of drug-likeness (QED) is 0.540. The number of nitrogens with one attached hydrogen (secondary N) is 1. The molecule has 1 unspecified atom stereocenters. The lowest BCUT2D eigenvalue weighted by Crippen LogP contribution is -2.92. The van der Waals surface area contributed by atoms with Gasteiger partial charge in [-0.15, -0.1) is 11.3 Å². The van der Waals surface area contributed by atoms with Crippen molar-refractivity contribution >= 4 is 22.3 Å². The Morgan fingerprint density at radius 2 is 1.94 bits per heavy atom. The number of aliphatic hydroxyl groups excluding tert-OH is 1. The maximum absolute atomic E-state index is 13.9. The minimum absolute atomic E-state index is 0.0472. The van der Waals surface area contributed by atoms with Crippen LogP contribution >= 0.6 is 11.3 Å². The Bertz CT molecular complexity index is 1170. The first-order valence-electron chi connectivity index (χ1n) is 13.7. The summed E-state index contributed by atoms with van der Waals surface area (Å²) in [5, 5.41) is 28.8. The van der Waals surface area contributed by atoms with Crippen LogP contribution in [0.5, 0.6) is 0 Å². The summed E-state index contributed by atoms with van der Waals surface area (Å²) < 4.78 is 6.31. The topological polar surface area (TPSA) is 91.7 Å². The molecule has 8 aliphatic rings. The smallest absolute Gasteiger partial charge is 0.205 e. The maximum atomic E-state index is 13.9. The summed E-state index contributed by atoms with van der Waals surface area (Å²) in [6, 6.07) is 0.471. The second-order valence-corrected chi connectivity index (χ2v) is 14.5. The van der Waals surface area contributed by atoms with Crippen molar-refractivity contribution in [1.29, 1.82) is 0 Å². The highest BCUT2D eigenvalue weighted by Gasteiger charge is 2.91. The van der Waals surface area contributed by atoms with Gasteiger partial charge < -0.3 is 20.3 Å². The Hall–Kier alpha value is -1.28. The third-order valence-electron chi connectivity index (χ3n) is 11.7. The molecule has 35 heavy (non-hydrogen) atoms. The molecular weight excluding hydrogens is 460 g/mol. The first kappa shape index (κ1) is 21.8. The molecule has 2 saturated heterocycles. The fraction of sp³-hybridized carbons (Fsp3) is 0.786. The van der Waals surface area contributed by atoms with Crippen LogP contribution in [-0.2, 0) is 21.4 Å². The molecule has 5 saturated carbocycles. The summed E-state index contributed by atoms with van der Waals surface area (Å²) >= 11 is 1.77. The minimum atomic E-state index is -1.81. The van der Waals surface area contributed by atoms with Crippen LogP contribution in [0.25, 0.3) is 0 Å². The van der Waals surface area contributed by atoms with Crippen molar-refractivity contribution in [3.05, 3.63) is 22.7 Å². The van der Waals surface area contributed by atoms with Gasteiger partial charge in [0.25, 0.3) is 0 Å². The summed E-state index contributed by atoms with van der Waals surface area (Å²) in [5.74, 6) is -1.85. The van der Waals surface area contributed by atoms with Crippen LogP contribution in [-0.4, -0.2) is 45.5 Å². The minimum Gasteiger partial charge on any atom is -0.387 e. The maximum Gasteiger partial charge on any atom is 0.205 e. The molecule has 1 aromatic heterocycles. The number of aromatic nitrogens is 1. The first-order chi connectivity index (χ1) is 16.7. The van der Waals surface area contributed by atoms with E-state index in [1.807, 2.05) is 0 Å². The zero-order valence-electron chi connectivity index (χ0n) is 20.7. The lowest BCUT2D eigenvalue weighted by molar-refractivity contribution is -0.448. The summed E-state index contributed by atoms with van der Waals surface area (Å²) in [6.45, 7) is 9.00. The molecule has 188 valence electrons. The van der Waals surface area contributed by atoms with Gasteiger partial charge >= 0.3 is 0 Å². The number of nitrogens with zero attached hydrogens (tertiary/aromatic N) is 1. The average Bonchev–Trinajstić information content (AvgIpc) is 3.21. The number of allylic oxidation sites excluding steroid dienone is 1. The summed E-state index contributed by atoms with van der Waals surface area (Å²) in [5.41, 5.74) is 0.263. The van der Waals surface area contributed by atoms with Gasteiger partial charge in [0.15, 0.2) is 10.9 Å². The molecule has 0 radical (unpaired) electrons. The van der Waals surface area contributed by atoms with E-state index in [2.05, 4.69) is 25.7 Å². The number of ketones is 1. The normalized spacial score (nSPS) is 50.9.